The maximum absolute atomic E-state index is 11.6. The number of hydrogen-bond donors (Lipinski definition) is 2. The van der Waals surface area contributed by atoms with E-state index in [-0.39, 0.29) is 11.6 Å². The van der Waals surface area contributed by atoms with E-state index in [1.807, 2.05) is 12.1 Å². The number of carbonyl (C=O) groups excluding carboxylic acids is 1. The third-order valence-corrected chi connectivity index (χ3v) is 8.74. The molecule has 7 heteroatoms. The van der Waals surface area contributed by atoms with Gasteiger partial charge in [-0.3, -0.25) is 0 Å². The van der Waals surface area contributed by atoms with Crippen LogP contribution < -0.4 is 9.16 Å². The van der Waals surface area contributed by atoms with Gasteiger partial charge < -0.3 is 24.1 Å². The van der Waals surface area contributed by atoms with Crippen molar-refractivity contribution in [1.82, 2.24) is 0 Å². The van der Waals surface area contributed by atoms with Crippen LogP contribution in [0.15, 0.2) is 24.3 Å². The quantitative estimate of drug-likeness (QED) is 0.408. The Morgan fingerprint density at radius 2 is 1.92 bits per heavy atom. The normalized spacial score (nSPS) is 13.5. The number of rotatable bonds is 8. The molecular formula is C19H30O6Si. The van der Waals surface area contributed by atoms with Crippen molar-refractivity contribution in [3.05, 3.63) is 29.8 Å². The van der Waals surface area contributed by atoms with Gasteiger partial charge in [-0.25, -0.2) is 4.79 Å². The van der Waals surface area contributed by atoms with Gasteiger partial charge in [0.1, 0.15) is 18.5 Å². The van der Waals surface area contributed by atoms with Crippen LogP contribution in [0.5, 0.6) is 11.5 Å². The molecule has 0 aliphatic rings. The lowest BCUT2D eigenvalue weighted by Gasteiger charge is -2.36. The van der Waals surface area contributed by atoms with Gasteiger partial charge >= 0.3 is 5.97 Å². The smallest absolute Gasteiger partial charge is 0.330 e. The van der Waals surface area contributed by atoms with Crippen molar-refractivity contribution < 1.29 is 28.9 Å². The van der Waals surface area contributed by atoms with Gasteiger partial charge in [0.2, 0.25) is 0 Å². The van der Waals surface area contributed by atoms with E-state index < -0.39 is 27.0 Å². The van der Waals surface area contributed by atoms with Crippen molar-refractivity contribution in [2.24, 2.45) is 0 Å². The van der Waals surface area contributed by atoms with E-state index in [0.29, 0.717) is 11.5 Å². The fourth-order valence-electron chi connectivity index (χ4n) is 1.74. The van der Waals surface area contributed by atoms with E-state index in [9.17, 15) is 4.79 Å². The summed E-state index contributed by atoms with van der Waals surface area (Å²) in [5.41, 5.74) is 0.754. The largest absolute Gasteiger partial charge is 0.541 e. The molecule has 0 amide bonds. The number of methoxy groups -OCH3 is 1. The summed E-state index contributed by atoms with van der Waals surface area (Å²) in [7, 11) is -0.413. The molecule has 1 aromatic carbocycles. The topological polar surface area (TPSA) is 85.2 Å². The predicted molar refractivity (Wildman–Crippen MR) is 104 cm³/mol. The monoisotopic (exact) mass is 382 g/mol. The molecule has 0 radical (unpaired) electrons. The molecule has 0 aliphatic carbocycles. The minimum Gasteiger partial charge on any atom is -0.541 e. The average molecular weight is 383 g/mol. The fourth-order valence-corrected chi connectivity index (χ4v) is 2.77. The molecular weight excluding hydrogens is 352 g/mol. The van der Waals surface area contributed by atoms with Gasteiger partial charge in [0.25, 0.3) is 8.32 Å². The van der Waals surface area contributed by atoms with Gasteiger partial charge in [0.05, 0.1) is 13.7 Å². The molecule has 2 N–H and O–H groups in total. The van der Waals surface area contributed by atoms with Gasteiger partial charge in [-0.2, -0.15) is 0 Å². The van der Waals surface area contributed by atoms with Crippen molar-refractivity contribution in [1.29, 1.82) is 0 Å². The maximum Gasteiger partial charge on any atom is 0.330 e. The van der Waals surface area contributed by atoms with Crippen LogP contribution in [0.4, 0.5) is 0 Å². The SMILES string of the molecule is COc1cc(/C=C/C(=O)OCC(O)CO)ccc1O[Si](C)(C)C(C)(C)C. The summed E-state index contributed by atoms with van der Waals surface area (Å²) in [5.74, 6) is 0.684. The second kappa shape index (κ2) is 9.20. The molecule has 0 aromatic heterocycles. The Morgan fingerprint density at radius 3 is 2.46 bits per heavy atom. The summed E-state index contributed by atoms with van der Waals surface area (Å²) in [5, 5.41) is 17.9. The first-order valence-corrected chi connectivity index (χ1v) is 11.4. The van der Waals surface area contributed by atoms with Crippen molar-refractivity contribution in [2.45, 2.75) is 45.0 Å². The maximum atomic E-state index is 11.6. The summed E-state index contributed by atoms with van der Waals surface area (Å²) in [6, 6.07) is 5.45. The molecule has 0 saturated heterocycles. The van der Waals surface area contributed by atoms with Crippen molar-refractivity contribution >= 4 is 20.4 Å². The van der Waals surface area contributed by atoms with Crippen LogP contribution in [-0.4, -0.2) is 50.9 Å². The third kappa shape index (κ3) is 6.47. The molecule has 146 valence electrons. The van der Waals surface area contributed by atoms with Crippen LogP contribution in [0.1, 0.15) is 26.3 Å². The molecule has 1 atom stereocenters. The lowest BCUT2D eigenvalue weighted by Crippen LogP contribution is -2.43. The summed E-state index contributed by atoms with van der Waals surface area (Å²) in [6.45, 7) is 10.1. The molecule has 0 aliphatic heterocycles. The molecule has 0 heterocycles. The minimum atomic E-state index is -1.99. The van der Waals surface area contributed by atoms with Crippen molar-refractivity contribution in [3.63, 3.8) is 0 Å². The number of aliphatic hydroxyl groups excluding tert-OH is 2. The van der Waals surface area contributed by atoms with Crippen LogP contribution in [0.3, 0.4) is 0 Å². The Kier molecular flexibility index (Phi) is 7.86. The lowest BCUT2D eigenvalue weighted by atomic mass is 10.2. The summed E-state index contributed by atoms with van der Waals surface area (Å²) in [6.07, 6.45) is 1.78. The molecule has 0 fully saturated rings. The average Bonchev–Trinajstić information content (AvgIpc) is 2.57. The predicted octanol–water partition coefficient (Wildman–Crippen LogP) is 2.99. The summed E-state index contributed by atoms with van der Waals surface area (Å²) >= 11 is 0. The Labute approximate surface area is 156 Å². The Morgan fingerprint density at radius 1 is 1.27 bits per heavy atom. The summed E-state index contributed by atoms with van der Waals surface area (Å²) < 4.78 is 16.5. The number of ether oxygens (including phenoxy) is 2. The summed E-state index contributed by atoms with van der Waals surface area (Å²) in [4.78, 5) is 11.6. The Hall–Kier alpha value is -1.83. The van der Waals surface area contributed by atoms with Crippen molar-refractivity contribution in [3.8, 4) is 11.5 Å². The van der Waals surface area contributed by atoms with Gasteiger partial charge in [0, 0.05) is 6.08 Å². The first kappa shape index (κ1) is 22.2. The number of esters is 1. The molecule has 0 bridgehead atoms. The van der Waals surface area contributed by atoms with Crippen molar-refractivity contribution in [2.75, 3.05) is 20.3 Å². The van der Waals surface area contributed by atoms with E-state index in [4.69, 9.17) is 24.1 Å². The van der Waals surface area contributed by atoms with Crippen LogP contribution >= 0.6 is 0 Å². The highest BCUT2D eigenvalue weighted by Crippen LogP contribution is 2.40. The number of aliphatic hydroxyl groups is 2. The highest BCUT2D eigenvalue weighted by molar-refractivity contribution is 6.74. The van der Waals surface area contributed by atoms with Crippen LogP contribution in [-0.2, 0) is 9.53 Å². The molecule has 1 unspecified atom stereocenters. The van der Waals surface area contributed by atoms with E-state index >= 15 is 0 Å². The van der Waals surface area contributed by atoms with Crippen LogP contribution in [0.2, 0.25) is 18.1 Å². The molecule has 6 nitrogen and oxygen atoms in total. The minimum absolute atomic E-state index is 0.0689. The number of hydrogen-bond acceptors (Lipinski definition) is 6. The number of benzene rings is 1. The van der Waals surface area contributed by atoms with Gasteiger partial charge in [0.15, 0.2) is 5.75 Å². The second-order valence-electron chi connectivity index (χ2n) is 7.57. The molecule has 0 spiro atoms. The zero-order valence-corrected chi connectivity index (χ0v) is 17.4. The second-order valence-corrected chi connectivity index (χ2v) is 12.3. The van der Waals surface area contributed by atoms with Crippen LogP contribution in [0, 0.1) is 0 Å². The van der Waals surface area contributed by atoms with Gasteiger partial charge in [-0.1, -0.05) is 26.8 Å². The molecule has 1 rings (SSSR count). The lowest BCUT2D eigenvalue weighted by molar-refractivity contribution is -0.141. The molecule has 1 aromatic rings. The van der Waals surface area contributed by atoms with E-state index in [0.717, 1.165) is 5.56 Å². The highest BCUT2D eigenvalue weighted by Gasteiger charge is 2.39. The molecule has 26 heavy (non-hydrogen) atoms. The van der Waals surface area contributed by atoms with E-state index in [1.165, 1.54) is 6.08 Å². The Balaban J connectivity index is 2.86. The first-order valence-electron chi connectivity index (χ1n) is 8.51. The van der Waals surface area contributed by atoms with Crippen LogP contribution in [0.25, 0.3) is 6.08 Å². The zero-order valence-electron chi connectivity index (χ0n) is 16.4. The van der Waals surface area contributed by atoms with E-state index in [2.05, 4.69) is 33.9 Å². The molecule has 0 saturated carbocycles. The van der Waals surface area contributed by atoms with Gasteiger partial charge in [-0.05, 0) is 41.9 Å². The fraction of sp³-hybridized carbons (Fsp3) is 0.526. The van der Waals surface area contributed by atoms with E-state index in [1.54, 1.807) is 19.3 Å². The first-order chi connectivity index (χ1) is 12.0. The Bertz CT molecular complexity index is 633. The van der Waals surface area contributed by atoms with Gasteiger partial charge in [-0.15, -0.1) is 0 Å². The standard InChI is InChI=1S/C19H30O6Si/c1-19(2,3)26(5,6)25-16-9-7-14(11-17(16)23-4)8-10-18(22)24-13-15(21)12-20/h7-11,15,20-21H,12-13H2,1-6H3/b10-8+. The number of carbonyl (C=O) groups is 1. The highest BCUT2D eigenvalue weighted by atomic mass is 28.4. The zero-order chi connectivity index (χ0) is 20.0. The third-order valence-electron chi connectivity index (χ3n) is 4.40.